The Kier molecular flexibility index (Phi) is 8.97. The van der Waals surface area contributed by atoms with Gasteiger partial charge in [0.2, 0.25) is 0 Å². The van der Waals surface area contributed by atoms with E-state index in [0.717, 1.165) is 16.7 Å². The predicted molar refractivity (Wildman–Crippen MR) is 141 cm³/mol. The minimum atomic E-state index is -0.537. The van der Waals surface area contributed by atoms with Crippen molar-refractivity contribution in [1.29, 1.82) is 5.26 Å². The van der Waals surface area contributed by atoms with Crippen LogP contribution >= 0.6 is 23.2 Å². The standard InChI is InChI=1S/C28H24Cl2N2O3/c1-4-5-21-12-20(13-22(16-31)28(33)32-25-15-24(30)9-6-18(25)2)14-26(34-3)27(21)35-17-19-7-10-23(29)11-8-19/h4,6-15H,1,5,17H2,2-3H3,(H,32,33)/b22-13+. The Morgan fingerprint density at radius 2 is 1.83 bits per heavy atom. The van der Waals surface area contributed by atoms with E-state index in [4.69, 9.17) is 32.7 Å². The van der Waals surface area contributed by atoms with Crippen LogP contribution in [-0.2, 0) is 17.8 Å². The molecule has 3 aromatic carbocycles. The number of nitrogens with one attached hydrogen (secondary N) is 1. The molecule has 1 N–H and O–H groups in total. The van der Waals surface area contributed by atoms with E-state index in [1.54, 1.807) is 42.5 Å². The molecule has 0 heterocycles. The number of hydrogen-bond acceptors (Lipinski definition) is 4. The number of methoxy groups -OCH3 is 1. The number of benzene rings is 3. The summed E-state index contributed by atoms with van der Waals surface area (Å²) in [5, 5.41) is 13.5. The molecule has 1 amide bonds. The van der Waals surface area contributed by atoms with Crippen molar-refractivity contribution in [3.63, 3.8) is 0 Å². The topological polar surface area (TPSA) is 71.4 Å². The minimum absolute atomic E-state index is 0.0641. The van der Waals surface area contributed by atoms with Crippen molar-refractivity contribution in [3.05, 3.63) is 105 Å². The average molecular weight is 507 g/mol. The number of carbonyl (C=O) groups is 1. The second kappa shape index (κ2) is 12.1. The Hall–Kier alpha value is -3.72. The second-order valence-electron chi connectivity index (χ2n) is 7.70. The molecule has 0 spiro atoms. The maximum absolute atomic E-state index is 12.8. The molecule has 0 atom stereocenters. The summed E-state index contributed by atoms with van der Waals surface area (Å²) in [6.45, 7) is 5.99. The fourth-order valence-corrected chi connectivity index (χ4v) is 3.66. The number of amides is 1. The summed E-state index contributed by atoms with van der Waals surface area (Å²) in [6.07, 6.45) is 3.76. The number of allylic oxidation sites excluding steroid dienone is 1. The molecule has 3 aromatic rings. The van der Waals surface area contributed by atoms with Gasteiger partial charge < -0.3 is 14.8 Å². The molecule has 3 rings (SSSR count). The predicted octanol–water partition coefficient (Wildman–Crippen LogP) is 7.16. The van der Waals surface area contributed by atoms with Gasteiger partial charge in [0, 0.05) is 21.3 Å². The number of halogens is 2. The van der Waals surface area contributed by atoms with E-state index >= 15 is 0 Å². The van der Waals surface area contributed by atoms with Crippen LogP contribution in [0.4, 0.5) is 5.69 Å². The SMILES string of the molecule is C=CCc1cc(/C=C(\C#N)C(=O)Nc2cc(Cl)ccc2C)cc(OC)c1OCc1ccc(Cl)cc1. The van der Waals surface area contributed by atoms with Crippen LogP contribution < -0.4 is 14.8 Å². The van der Waals surface area contributed by atoms with Gasteiger partial charge in [0.1, 0.15) is 18.2 Å². The van der Waals surface area contributed by atoms with Crippen molar-refractivity contribution in [2.24, 2.45) is 0 Å². The lowest BCUT2D eigenvalue weighted by Crippen LogP contribution is -2.14. The number of nitriles is 1. The van der Waals surface area contributed by atoms with E-state index in [0.29, 0.717) is 45.8 Å². The maximum atomic E-state index is 12.8. The zero-order valence-corrected chi connectivity index (χ0v) is 20.9. The van der Waals surface area contributed by atoms with Gasteiger partial charge >= 0.3 is 0 Å². The lowest BCUT2D eigenvalue weighted by molar-refractivity contribution is -0.112. The molecular formula is C28H24Cl2N2O3. The molecule has 0 aromatic heterocycles. The first-order chi connectivity index (χ1) is 16.8. The van der Waals surface area contributed by atoms with Crippen LogP contribution in [0.3, 0.4) is 0 Å². The first kappa shape index (κ1) is 25.9. The molecule has 0 aliphatic carbocycles. The van der Waals surface area contributed by atoms with Gasteiger partial charge in [-0.3, -0.25) is 4.79 Å². The number of ether oxygens (including phenoxy) is 2. The summed E-state index contributed by atoms with van der Waals surface area (Å²) in [6, 6.07) is 18.1. The Balaban J connectivity index is 1.91. The summed E-state index contributed by atoms with van der Waals surface area (Å²) in [4.78, 5) is 12.8. The summed E-state index contributed by atoms with van der Waals surface area (Å²) >= 11 is 12.0. The smallest absolute Gasteiger partial charge is 0.266 e. The zero-order valence-electron chi connectivity index (χ0n) is 19.4. The summed E-state index contributed by atoms with van der Waals surface area (Å²) in [5.41, 5.74) is 3.68. The van der Waals surface area contributed by atoms with Gasteiger partial charge in [0.05, 0.1) is 7.11 Å². The van der Waals surface area contributed by atoms with E-state index in [2.05, 4.69) is 11.9 Å². The highest BCUT2D eigenvalue weighted by molar-refractivity contribution is 6.31. The first-order valence-corrected chi connectivity index (χ1v) is 11.5. The molecule has 0 radical (unpaired) electrons. The quantitative estimate of drug-likeness (QED) is 0.190. The van der Waals surface area contributed by atoms with Crippen LogP contribution in [-0.4, -0.2) is 13.0 Å². The zero-order chi connectivity index (χ0) is 25.4. The molecule has 35 heavy (non-hydrogen) atoms. The fourth-order valence-electron chi connectivity index (χ4n) is 3.36. The highest BCUT2D eigenvalue weighted by Gasteiger charge is 2.16. The van der Waals surface area contributed by atoms with E-state index in [9.17, 15) is 10.1 Å². The minimum Gasteiger partial charge on any atom is -0.493 e. The fraction of sp³-hybridized carbons (Fsp3) is 0.143. The van der Waals surface area contributed by atoms with E-state index in [1.807, 2.05) is 31.2 Å². The summed E-state index contributed by atoms with van der Waals surface area (Å²) in [5.74, 6) is 0.509. The Morgan fingerprint density at radius 1 is 1.11 bits per heavy atom. The lowest BCUT2D eigenvalue weighted by Gasteiger charge is -2.16. The average Bonchev–Trinajstić information content (AvgIpc) is 2.84. The van der Waals surface area contributed by atoms with Gasteiger partial charge in [-0.2, -0.15) is 5.26 Å². The molecule has 178 valence electrons. The number of carbonyl (C=O) groups excluding carboxylic acids is 1. The van der Waals surface area contributed by atoms with Crippen LogP contribution in [0.25, 0.3) is 6.08 Å². The van der Waals surface area contributed by atoms with E-state index in [1.165, 1.54) is 13.2 Å². The Bertz CT molecular complexity index is 1310. The normalized spacial score (nSPS) is 10.9. The van der Waals surface area contributed by atoms with Gasteiger partial charge in [-0.1, -0.05) is 47.5 Å². The van der Waals surface area contributed by atoms with E-state index in [-0.39, 0.29) is 5.57 Å². The Morgan fingerprint density at radius 3 is 2.49 bits per heavy atom. The molecule has 5 nitrogen and oxygen atoms in total. The second-order valence-corrected chi connectivity index (χ2v) is 8.58. The van der Waals surface area contributed by atoms with Crippen molar-refractivity contribution < 1.29 is 14.3 Å². The van der Waals surface area contributed by atoms with Crippen molar-refractivity contribution in [3.8, 4) is 17.6 Å². The van der Waals surface area contributed by atoms with Crippen molar-refractivity contribution in [1.82, 2.24) is 0 Å². The highest BCUT2D eigenvalue weighted by atomic mass is 35.5. The lowest BCUT2D eigenvalue weighted by atomic mass is 10.0. The molecule has 0 unspecified atom stereocenters. The largest absolute Gasteiger partial charge is 0.493 e. The van der Waals surface area contributed by atoms with Crippen LogP contribution in [0.2, 0.25) is 10.0 Å². The van der Waals surface area contributed by atoms with E-state index < -0.39 is 5.91 Å². The van der Waals surface area contributed by atoms with Gasteiger partial charge in [0.15, 0.2) is 11.5 Å². The van der Waals surface area contributed by atoms with Gasteiger partial charge in [0.25, 0.3) is 5.91 Å². The Labute approximate surface area is 215 Å². The van der Waals surface area contributed by atoms with Gasteiger partial charge in [-0.15, -0.1) is 6.58 Å². The van der Waals surface area contributed by atoms with Gasteiger partial charge in [-0.05, 0) is 72.5 Å². The molecule has 0 bridgehead atoms. The van der Waals surface area contributed by atoms with Crippen molar-refractivity contribution >= 4 is 40.9 Å². The number of nitrogens with zero attached hydrogens (tertiary/aromatic N) is 1. The number of rotatable bonds is 9. The first-order valence-electron chi connectivity index (χ1n) is 10.7. The number of hydrogen-bond donors (Lipinski definition) is 1. The molecule has 0 saturated carbocycles. The molecule has 0 saturated heterocycles. The van der Waals surface area contributed by atoms with Gasteiger partial charge in [-0.25, -0.2) is 0 Å². The van der Waals surface area contributed by atoms with Crippen LogP contribution in [0.1, 0.15) is 22.3 Å². The monoisotopic (exact) mass is 506 g/mol. The summed E-state index contributed by atoms with van der Waals surface area (Å²) < 4.78 is 11.7. The van der Waals surface area contributed by atoms with Crippen molar-refractivity contribution in [2.75, 3.05) is 12.4 Å². The van der Waals surface area contributed by atoms with Crippen LogP contribution in [0.5, 0.6) is 11.5 Å². The molecule has 0 fully saturated rings. The third kappa shape index (κ3) is 6.89. The highest BCUT2D eigenvalue weighted by Crippen LogP contribution is 2.35. The molecule has 0 aliphatic rings. The summed E-state index contributed by atoms with van der Waals surface area (Å²) in [7, 11) is 1.54. The van der Waals surface area contributed by atoms with Crippen LogP contribution in [0.15, 0.2) is 72.8 Å². The maximum Gasteiger partial charge on any atom is 0.266 e. The van der Waals surface area contributed by atoms with Crippen molar-refractivity contribution in [2.45, 2.75) is 20.0 Å². The van der Waals surface area contributed by atoms with Crippen LogP contribution in [0, 0.1) is 18.3 Å². The third-order valence-electron chi connectivity index (χ3n) is 5.16. The number of aryl methyl sites for hydroxylation is 1. The molecule has 7 heteroatoms. The third-order valence-corrected chi connectivity index (χ3v) is 5.65. The molecule has 0 aliphatic heterocycles. The molecular weight excluding hydrogens is 483 g/mol. The number of anilines is 1.